The van der Waals surface area contributed by atoms with Gasteiger partial charge in [-0.05, 0) is 35.4 Å². The maximum Gasteiger partial charge on any atom is 0.328 e. The topological polar surface area (TPSA) is 106 Å². The highest BCUT2D eigenvalue weighted by molar-refractivity contribution is 5.86. The van der Waals surface area contributed by atoms with Crippen LogP contribution in [0.15, 0.2) is 60.8 Å². The molecule has 0 saturated carbocycles. The number of morpholine rings is 1. The lowest BCUT2D eigenvalue weighted by molar-refractivity contribution is -0.131. The minimum absolute atomic E-state index is 0.464. The lowest BCUT2D eigenvalue weighted by Crippen LogP contribution is -2.37. The number of nitrogens with one attached hydrogen (secondary N) is 1. The van der Waals surface area contributed by atoms with Gasteiger partial charge in [0.05, 0.1) is 19.8 Å². The number of nitrogens with zero attached hydrogens (tertiary/aromatic N) is 3. The van der Waals surface area contributed by atoms with Crippen LogP contribution < -0.4 is 15.0 Å². The minimum Gasteiger partial charge on any atom is -0.491 e. The van der Waals surface area contributed by atoms with Gasteiger partial charge in [0.25, 0.3) is 0 Å². The van der Waals surface area contributed by atoms with Crippen molar-refractivity contribution in [2.24, 2.45) is 0 Å². The van der Waals surface area contributed by atoms with Crippen LogP contribution in [-0.2, 0) is 14.3 Å². The van der Waals surface area contributed by atoms with Crippen molar-refractivity contribution in [3.63, 3.8) is 0 Å². The van der Waals surface area contributed by atoms with Gasteiger partial charge in [-0.15, -0.1) is 0 Å². The normalized spacial score (nSPS) is 13.7. The average Bonchev–Trinajstić information content (AvgIpc) is 2.88. The summed E-state index contributed by atoms with van der Waals surface area (Å²) in [5, 5.41) is 12.2. The Morgan fingerprint density at radius 1 is 1.17 bits per heavy atom. The van der Waals surface area contributed by atoms with E-state index in [9.17, 15) is 4.79 Å². The summed E-state index contributed by atoms with van der Waals surface area (Å²) in [6, 6.07) is 15.2. The number of methoxy groups -OCH3 is 1. The van der Waals surface area contributed by atoms with Crippen LogP contribution in [0.25, 0.3) is 17.2 Å². The summed E-state index contributed by atoms with van der Waals surface area (Å²) >= 11 is 0. The van der Waals surface area contributed by atoms with E-state index in [1.54, 1.807) is 19.4 Å². The minimum atomic E-state index is -0.990. The molecule has 182 valence electrons. The zero-order valence-corrected chi connectivity index (χ0v) is 19.5. The van der Waals surface area contributed by atoms with Gasteiger partial charge in [0, 0.05) is 49.8 Å². The molecular weight excluding hydrogens is 448 g/mol. The van der Waals surface area contributed by atoms with E-state index < -0.39 is 5.97 Å². The van der Waals surface area contributed by atoms with Gasteiger partial charge in [0.1, 0.15) is 18.2 Å². The maximum absolute atomic E-state index is 10.9. The van der Waals surface area contributed by atoms with Crippen LogP contribution in [0, 0.1) is 0 Å². The first-order valence-electron chi connectivity index (χ1n) is 11.3. The molecule has 1 aromatic heterocycles. The highest BCUT2D eigenvalue weighted by Gasteiger charge is 2.19. The number of aromatic nitrogens is 2. The molecule has 0 bridgehead atoms. The summed E-state index contributed by atoms with van der Waals surface area (Å²) in [5.74, 6) is 0.989. The number of carboxylic acids is 1. The van der Waals surface area contributed by atoms with Crippen molar-refractivity contribution in [2.45, 2.75) is 0 Å². The van der Waals surface area contributed by atoms with Crippen molar-refractivity contribution in [3.05, 3.63) is 66.4 Å². The Hall–Kier alpha value is -3.95. The number of rotatable bonds is 10. The first-order valence-corrected chi connectivity index (χ1v) is 11.3. The summed E-state index contributed by atoms with van der Waals surface area (Å²) in [6.07, 6.45) is 4.48. The number of carbonyl (C=O) groups is 1. The van der Waals surface area contributed by atoms with E-state index >= 15 is 0 Å². The van der Waals surface area contributed by atoms with Crippen molar-refractivity contribution >= 4 is 29.5 Å². The Kier molecular flexibility index (Phi) is 8.26. The lowest BCUT2D eigenvalue weighted by atomic mass is 10.0. The third-order valence-electron chi connectivity index (χ3n) is 5.34. The Labute approximate surface area is 204 Å². The largest absolute Gasteiger partial charge is 0.491 e. The van der Waals surface area contributed by atoms with Crippen LogP contribution >= 0.6 is 0 Å². The summed E-state index contributed by atoms with van der Waals surface area (Å²) in [6.45, 7) is 3.64. The lowest BCUT2D eigenvalue weighted by Gasteiger charge is -2.29. The average molecular weight is 477 g/mol. The van der Waals surface area contributed by atoms with Gasteiger partial charge in [-0.1, -0.05) is 24.3 Å². The summed E-state index contributed by atoms with van der Waals surface area (Å²) < 4.78 is 16.3. The maximum atomic E-state index is 10.9. The Morgan fingerprint density at radius 3 is 2.80 bits per heavy atom. The molecule has 4 rings (SSSR count). The van der Waals surface area contributed by atoms with Crippen LogP contribution in [-0.4, -0.2) is 67.7 Å². The predicted molar refractivity (Wildman–Crippen MR) is 134 cm³/mol. The fourth-order valence-electron chi connectivity index (χ4n) is 3.67. The SMILES string of the molecule is COCCOc1cccc(Nc2ncc(-c3cccc(C=CC(=O)O)c3)c(N3CCOCC3)n2)c1. The molecule has 0 spiro atoms. The number of hydrogen-bond donors (Lipinski definition) is 2. The molecule has 9 nitrogen and oxygen atoms in total. The van der Waals surface area contributed by atoms with Crippen LogP contribution in [0.1, 0.15) is 5.56 Å². The highest BCUT2D eigenvalue weighted by atomic mass is 16.5. The molecule has 0 radical (unpaired) electrons. The van der Waals surface area contributed by atoms with E-state index in [0.29, 0.717) is 45.5 Å². The van der Waals surface area contributed by atoms with Crippen LogP contribution in [0.4, 0.5) is 17.5 Å². The monoisotopic (exact) mass is 476 g/mol. The Morgan fingerprint density at radius 2 is 2.00 bits per heavy atom. The third kappa shape index (κ3) is 6.78. The molecule has 2 N–H and O–H groups in total. The van der Waals surface area contributed by atoms with Crippen LogP contribution in [0.5, 0.6) is 5.75 Å². The number of aliphatic carboxylic acids is 1. The quantitative estimate of drug-likeness (QED) is 0.333. The third-order valence-corrected chi connectivity index (χ3v) is 5.34. The first-order chi connectivity index (χ1) is 17.1. The molecule has 1 aliphatic heterocycles. The van der Waals surface area contributed by atoms with Crippen molar-refractivity contribution in [2.75, 3.05) is 56.8 Å². The van der Waals surface area contributed by atoms with Gasteiger partial charge in [-0.3, -0.25) is 0 Å². The fourth-order valence-corrected chi connectivity index (χ4v) is 3.67. The smallest absolute Gasteiger partial charge is 0.328 e. The highest BCUT2D eigenvalue weighted by Crippen LogP contribution is 2.32. The van der Waals surface area contributed by atoms with Gasteiger partial charge in [0.15, 0.2) is 0 Å². The zero-order chi connectivity index (χ0) is 24.5. The fraction of sp³-hybridized carbons (Fsp3) is 0.269. The molecule has 1 fully saturated rings. The van der Waals surface area contributed by atoms with Crippen molar-refractivity contribution in [1.29, 1.82) is 0 Å². The first kappa shape index (κ1) is 24.2. The summed E-state index contributed by atoms with van der Waals surface area (Å²) in [4.78, 5) is 22.5. The zero-order valence-electron chi connectivity index (χ0n) is 19.5. The molecule has 35 heavy (non-hydrogen) atoms. The molecule has 9 heteroatoms. The van der Waals surface area contributed by atoms with Crippen LogP contribution in [0.3, 0.4) is 0 Å². The number of carboxylic acid groups (broad SMARTS) is 1. The molecule has 0 unspecified atom stereocenters. The van der Waals surface area contributed by atoms with Gasteiger partial charge < -0.3 is 29.5 Å². The summed E-state index contributed by atoms with van der Waals surface area (Å²) in [5.41, 5.74) is 3.35. The Bertz CT molecular complexity index is 1180. The number of ether oxygens (including phenoxy) is 3. The van der Waals surface area contributed by atoms with Crippen LogP contribution in [0.2, 0.25) is 0 Å². The molecule has 2 aromatic carbocycles. The molecular formula is C26H28N4O5. The molecule has 0 amide bonds. The molecule has 2 heterocycles. The number of hydrogen-bond acceptors (Lipinski definition) is 8. The van der Waals surface area contributed by atoms with E-state index in [-0.39, 0.29) is 0 Å². The van der Waals surface area contributed by atoms with Gasteiger partial charge in [-0.25, -0.2) is 9.78 Å². The second kappa shape index (κ2) is 12.0. The van der Waals surface area contributed by atoms with E-state index in [4.69, 9.17) is 24.3 Å². The van der Waals surface area contributed by atoms with E-state index in [2.05, 4.69) is 15.2 Å². The van der Waals surface area contributed by atoms with E-state index in [1.807, 2.05) is 48.5 Å². The second-order valence-electron chi connectivity index (χ2n) is 7.82. The van der Waals surface area contributed by atoms with Gasteiger partial charge in [0.2, 0.25) is 5.95 Å². The van der Waals surface area contributed by atoms with Crippen molar-refractivity contribution < 1.29 is 24.1 Å². The Balaban J connectivity index is 1.63. The molecule has 1 aliphatic rings. The molecule has 3 aromatic rings. The molecule has 0 atom stereocenters. The summed E-state index contributed by atoms with van der Waals surface area (Å²) in [7, 11) is 1.64. The number of anilines is 3. The number of benzene rings is 2. The standard InChI is InChI=1S/C26H28N4O5/c1-33-14-15-35-22-7-3-6-21(17-22)28-26-27-18-23(25(29-26)30-10-12-34-13-11-30)20-5-2-4-19(16-20)8-9-24(31)32/h2-9,16-18H,10-15H2,1H3,(H,31,32)(H,27,28,29). The van der Waals surface area contributed by atoms with E-state index in [0.717, 1.165) is 40.0 Å². The van der Waals surface area contributed by atoms with E-state index in [1.165, 1.54) is 0 Å². The second-order valence-corrected chi connectivity index (χ2v) is 7.82. The van der Waals surface area contributed by atoms with Crippen molar-refractivity contribution in [1.82, 2.24) is 9.97 Å². The van der Waals surface area contributed by atoms with Gasteiger partial charge >= 0.3 is 5.97 Å². The van der Waals surface area contributed by atoms with Gasteiger partial charge in [-0.2, -0.15) is 4.98 Å². The predicted octanol–water partition coefficient (Wildman–Crippen LogP) is 3.85. The molecule has 0 aliphatic carbocycles. The van der Waals surface area contributed by atoms with Crippen molar-refractivity contribution in [3.8, 4) is 16.9 Å². The molecule has 1 saturated heterocycles.